The molecule has 1 aliphatic heterocycles. The zero-order chi connectivity index (χ0) is 24.1. The summed E-state index contributed by atoms with van der Waals surface area (Å²) in [6.07, 6.45) is 5.46. The minimum absolute atomic E-state index is 0.803. The largest absolute Gasteiger partial charge is 0.308 e. The Labute approximate surface area is 204 Å². The number of hydrogen-bond donors (Lipinski definition) is 0. The van der Waals surface area contributed by atoms with Crippen LogP contribution < -0.4 is 0 Å². The van der Waals surface area contributed by atoms with Gasteiger partial charge in [-0.3, -0.25) is 9.80 Å². The van der Waals surface area contributed by atoms with Gasteiger partial charge in [0, 0.05) is 57.9 Å². The first-order valence-corrected chi connectivity index (χ1v) is 12.6. The summed E-state index contributed by atoms with van der Waals surface area (Å²) < 4.78 is 2.28. The van der Waals surface area contributed by atoms with E-state index in [1.807, 2.05) is 0 Å². The molecule has 0 N–H and O–H groups in total. The normalized spacial score (nSPS) is 15.8. The van der Waals surface area contributed by atoms with E-state index in [0.717, 1.165) is 61.8 Å². The van der Waals surface area contributed by atoms with E-state index in [9.17, 15) is 0 Å². The summed E-state index contributed by atoms with van der Waals surface area (Å²) in [5.74, 6) is 1.10. The first-order valence-electron chi connectivity index (χ1n) is 12.6. The minimum Gasteiger partial charge on any atom is -0.308 e. The quantitative estimate of drug-likeness (QED) is 0.485. The number of likely N-dealkylation sites (N-methyl/N-ethyl adjacent to an activating group) is 1. The van der Waals surface area contributed by atoms with Crippen molar-refractivity contribution in [3.8, 4) is 0 Å². The van der Waals surface area contributed by atoms with Crippen LogP contribution in [0.25, 0.3) is 17.2 Å². The summed E-state index contributed by atoms with van der Waals surface area (Å²) in [5.41, 5.74) is 6.81. The van der Waals surface area contributed by atoms with E-state index in [1.54, 1.807) is 0 Å². The lowest BCUT2D eigenvalue weighted by Gasteiger charge is -2.34. The molecule has 0 spiro atoms. The summed E-state index contributed by atoms with van der Waals surface area (Å²) in [4.78, 5) is 17.1. The lowest BCUT2D eigenvalue weighted by Crippen LogP contribution is -2.47. The molecule has 3 heterocycles. The van der Waals surface area contributed by atoms with Crippen LogP contribution in [0, 0.1) is 13.8 Å². The summed E-state index contributed by atoms with van der Waals surface area (Å²) in [7, 11) is 4.29. The van der Waals surface area contributed by atoms with Crippen LogP contribution in [-0.2, 0) is 13.0 Å². The molecular weight excluding hydrogens is 420 g/mol. The van der Waals surface area contributed by atoms with Crippen LogP contribution in [0.4, 0.5) is 0 Å². The lowest BCUT2D eigenvalue weighted by molar-refractivity contribution is 0.134. The Morgan fingerprint density at radius 2 is 1.68 bits per heavy atom. The van der Waals surface area contributed by atoms with E-state index < -0.39 is 0 Å². The maximum Gasteiger partial charge on any atom is 0.160 e. The van der Waals surface area contributed by atoms with E-state index in [2.05, 4.69) is 96.6 Å². The van der Waals surface area contributed by atoms with Crippen molar-refractivity contribution in [3.63, 3.8) is 0 Å². The van der Waals surface area contributed by atoms with Crippen LogP contribution in [0.1, 0.15) is 35.1 Å². The third-order valence-electron chi connectivity index (χ3n) is 6.74. The van der Waals surface area contributed by atoms with Crippen molar-refractivity contribution >= 4 is 17.2 Å². The molecule has 2 aromatic heterocycles. The average Bonchev–Trinajstić information content (AvgIpc) is 3.17. The molecule has 34 heavy (non-hydrogen) atoms. The molecule has 6 heteroatoms. The van der Waals surface area contributed by atoms with Crippen LogP contribution in [-0.4, -0.2) is 89.1 Å². The summed E-state index contributed by atoms with van der Waals surface area (Å²) in [6, 6.07) is 11.0. The maximum absolute atomic E-state index is 4.87. The van der Waals surface area contributed by atoms with E-state index in [-0.39, 0.29) is 0 Å². The summed E-state index contributed by atoms with van der Waals surface area (Å²) in [5, 5.41) is 0. The molecule has 0 amide bonds. The fraction of sp³-hybridized carbons (Fsp3) is 0.500. The number of hydrogen-bond acceptors (Lipinski definition) is 5. The summed E-state index contributed by atoms with van der Waals surface area (Å²) in [6.45, 7) is 15.1. The second-order valence-electron chi connectivity index (χ2n) is 9.81. The van der Waals surface area contributed by atoms with Gasteiger partial charge in [-0.2, -0.15) is 0 Å². The van der Waals surface area contributed by atoms with Crippen LogP contribution in [0.15, 0.2) is 36.4 Å². The zero-order valence-corrected chi connectivity index (χ0v) is 21.6. The van der Waals surface area contributed by atoms with E-state index in [0.29, 0.717) is 0 Å². The van der Waals surface area contributed by atoms with Crippen molar-refractivity contribution in [3.05, 3.63) is 64.6 Å². The highest BCUT2D eigenvalue weighted by atomic mass is 15.3. The fourth-order valence-corrected chi connectivity index (χ4v) is 4.68. The molecule has 0 saturated carbocycles. The fourth-order valence-electron chi connectivity index (χ4n) is 4.68. The van der Waals surface area contributed by atoms with E-state index >= 15 is 0 Å². The van der Waals surface area contributed by atoms with Crippen molar-refractivity contribution in [1.82, 2.24) is 29.2 Å². The Morgan fingerprint density at radius 3 is 2.35 bits per heavy atom. The standard InChI is InChI=1S/C28H40N6/c1-6-26-30-27-22(2)20-23(3)29-28(27)34(26)21-25-11-9-24(10-12-25)8-7-13-32-16-18-33(19-17-32)15-14-31(4)5/h7-12,20H,6,13-19,21H2,1-5H3/b8-7+. The number of rotatable bonds is 9. The van der Waals surface area contributed by atoms with Gasteiger partial charge in [-0.1, -0.05) is 43.3 Å². The van der Waals surface area contributed by atoms with Gasteiger partial charge >= 0.3 is 0 Å². The number of aromatic nitrogens is 3. The molecule has 1 aliphatic rings. The molecule has 1 aromatic carbocycles. The predicted molar refractivity (Wildman–Crippen MR) is 142 cm³/mol. The van der Waals surface area contributed by atoms with Gasteiger partial charge in [-0.15, -0.1) is 0 Å². The van der Waals surface area contributed by atoms with E-state index in [1.165, 1.54) is 36.3 Å². The molecule has 0 aliphatic carbocycles. The monoisotopic (exact) mass is 460 g/mol. The van der Waals surface area contributed by atoms with Crippen LogP contribution >= 0.6 is 0 Å². The first-order chi connectivity index (χ1) is 16.4. The van der Waals surface area contributed by atoms with Crippen LogP contribution in [0.2, 0.25) is 0 Å². The molecule has 3 aromatic rings. The molecule has 6 nitrogen and oxygen atoms in total. The van der Waals surface area contributed by atoms with Gasteiger partial charge in [0.25, 0.3) is 0 Å². The Bertz CT molecular complexity index is 1100. The third kappa shape index (κ3) is 6.12. The molecular formula is C28H40N6. The topological polar surface area (TPSA) is 40.4 Å². The molecule has 1 saturated heterocycles. The third-order valence-corrected chi connectivity index (χ3v) is 6.74. The number of imidazole rings is 1. The first kappa shape index (κ1) is 24.6. The van der Waals surface area contributed by atoms with Gasteiger partial charge in [0.05, 0.1) is 6.54 Å². The Morgan fingerprint density at radius 1 is 0.971 bits per heavy atom. The highest BCUT2D eigenvalue weighted by Crippen LogP contribution is 2.21. The second-order valence-corrected chi connectivity index (χ2v) is 9.81. The second kappa shape index (κ2) is 11.3. The van der Waals surface area contributed by atoms with Crippen molar-refractivity contribution < 1.29 is 0 Å². The molecule has 0 unspecified atom stereocenters. The van der Waals surface area contributed by atoms with Crippen molar-refractivity contribution in [1.29, 1.82) is 0 Å². The van der Waals surface area contributed by atoms with Crippen LogP contribution in [0.5, 0.6) is 0 Å². The number of fused-ring (bicyclic) bond motifs is 1. The number of nitrogens with zero attached hydrogens (tertiary/aromatic N) is 6. The van der Waals surface area contributed by atoms with Crippen molar-refractivity contribution in [2.45, 2.75) is 33.7 Å². The Hall–Kier alpha value is -2.54. The smallest absolute Gasteiger partial charge is 0.160 e. The molecule has 182 valence electrons. The molecule has 4 rings (SSSR count). The van der Waals surface area contributed by atoms with Gasteiger partial charge < -0.3 is 9.47 Å². The minimum atomic E-state index is 0.803. The molecule has 1 fully saturated rings. The average molecular weight is 461 g/mol. The van der Waals surface area contributed by atoms with Gasteiger partial charge in [0.2, 0.25) is 0 Å². The van der Waals surface area contributed by atoms with Crippen molar-refractivity contribution in [2.24, 2.45) is 0 Å². The van der Waals surface area contributed by atoms with Gasteiger partial charge in [0.15, 0.2) is 5.65 Å². The lowest BCUT2D eigenvalue weighted by atomic mass is 10.1. The van der Waals surface area contributed by atoms with Gasteiger partial charge in [0.1, 0.15) is 11.3 Å². The van der Waals surface area contributed by atoms with Gasteiger partial charge in [-0.05, 0) is 50.7 Å². The Kier molecular flexibility index (Phi) is 8.14. The molecule has 0 radical (unpaired) electrons. The number of piperazine rings is 1. The van der Waals surface area contributed by atoms with E-state index in [4.69, 9.17) is 9.97 Å². The van der Waals surface area contributed by atoms with Crippen molar-refractivity contribution in [2.75, 3.05) is 59.9 Å². The number of aryl methyl sites for hydroxylation is 3. The maximum atomic E-state index is 4.87. The highest BCUT2D eigenvalue weighted by molar-refractivity contribution is 5.76. The molecule has 0 bridgehead atoms. The number of pyridine rings is 1. The zero-order valence-electron chi connectivity index (χ0n) is 21.6. The molecule has 0 atom stereocenters. The summed E-state index contributed by atoms with van der Waals surface area (Å²) >= 11 is 0. The van der Waals surface area contributed by atoms with Crippen LogP contribution in [0.3, 0.4) is 0 Å². The predicted octanol–water partition coefficient (Wildman–Crippen LogP) is 3.85. The highest BCUT2D eigenvalue weighted by Gasteiger charge is 2.16. The van der Waals surface area contributed by atoms with Gasteiger partial charge in [-0.25, -0.2) is 9.97 Å². The SMILES string of the molecule is CCc1nc2c(C)cc(C)nc2n1Cc1ccc(/C=C/CN2CCN(CCN(C)C)CC2)cc1. The Balaban J connectivity index is 1.33. The number of benzene rings is 1.